The van der Waals surface area contributed by atoms with E-state index >= 15 is 0 Å². The zero-order valence-corrected chi connectivity index (χ0v) is 21.8. The lowest BCUT2D eigenvalue weighted by Crippen LogP contribution is -2.50. The van der Waals surface area contributed by atoms with Crippen molar-refractivity contribution in [1.82, 2.24) is 10.2 Å². The summed E-state index contributed by atoms with van der Waals surface area (Å²) < 4.78 is 0. The molecule has 2 amide bonds. The fourth-order valence-electron chi connectivity index (χ4n) is 4.02. The van der Waals surface area contributed by atoms with Gasteiger partial charge in [-0.1, -0.05) is 90.8 Å². The normalized spacial score (nSPS) is 11.7. The van der Waals surface area contributed by atoms with Crippen LogP contribution < -0.4 is 5.32 Å². The Morgan fingerprint density at radius 3 is 2.11 bits per heavy atom. The molecule has 6 heteroatoms. The highest BCUT2D eigenvalue weighted by atomic mass is 35.5. The molecule has 0 unspecified atom stereocenters. The van der Waals surface area contributed by atoms with Crippen molar-refractivity contribution in [3.05, 3.63) is 105 Å². The summed E-state index contributed by atoms with van der Waals surface area (Å²) in [5, 5.41) is 3.79. The molecule has 3 rings (SSSR count). The molecule has 35 heavy (non-hydrogen) atoms. The molecule has 0 saturated carbocycles. The number of carbonyl (C=O) groups is 2. The Bertz CT molecular complexity index is 1120. The van der Waals surface area contributed by atoms with Crippen molar-refractivity contribution >= 4 is 35.0 Å². The summed E-state index contributed by atoms with van der Waals surface area (Å²) in [6.07, 6.45) is 2.31. The molecule has 1 N–H and O–H groups in total. The van der Waals surface area contributed by atoms with E-state index in [-0.39, 0.29) is 18.4 Å². The van der Waals surface area contributed by atoms with Crippen molar-refractivity contribution in [2.45, 2.75) is 52.1 Å². The van der Waals surface area contributed by atoms with E-state index in [0.717, 1.165) is 23.1 Å². The maximum absolute atomic E-state index is 13.6. The third-order valence-corrected chi connectivity index (χ3v) is 6.76. The number of hydrogen-bond acceptors (Lipinski definition) is 2. The lowest BCUT2D eigenvalue weighted by Gasteiger charge is -2.31. The van der Waals surface area contributed by atoms with E-state index < -0.39 is 6.04 Å². The Labute approximate surface area is 218 Å². The van der Waals surface area contributed by atoms with Crippen molar-refractivity contribution in [2.24, 2.45) is 0 Å². The van der Waals surface area contributed by atoms with E-state index in [1.54, 1.807) is 17.0 Å². The number of nitrogens with zero attached hydrogens (tertiary/aromatic N) is 1. The summed E-state index contributed by atoms with van der Waals surface area (Å²) in [7, 11) is 0. The van der Waals surface area contributed by atoms with Gasteiger partial charge in [0.05, 0.1) is 10.0 Å². The Morgan fingerprint density at radius 1 is 0.829 bits per heavy atom. The second kappa shape index (κ2) is 13.3. The number of nitrogens with one attached hydrogen (secondary N) is 1. The van der Waals surface area contributed by atoms with Crippen LogP contribution >= 0.6 is 23.2 Å². The van der Waals surface area contributed by atoms with Gasteiger partial charge in [0.25, 0.3) is 0 Å². The van der Waals surface area contributed by atoms with Crippen molar-refractivity contribution in [3.63, 3.8) is 0 Å². The minimum Gasteiger partial charge on any atom is -0.355 e. The quantitative estimate of drug-likeness (QED) is 0.330. The molecule has 0 fully saturated rings. The number of aryl methyl sites for hydroxylation is 2. The van der Waals surface area contributed by atoms with Crippen LogP contribution in [-0.2, 0) is 35.4 Å². The second-order valence-corrected chi connectivity index (χ2v) is 9.35. The van der Waals surface area contributed by atoms with Gasteiger partial charge in [0.1, 0.15) is 6.04 Å². The molecule has 0 aromatic heterocycles. The topological polar surface area (TPSA) is 49.4 Å². The first-order chi connectivity index (χ1) is 16.9. The highest BCUT2D eigenvalue weighted by molar-refractivity contribution is 6.42. The lowest BCUT2D eigenvalue weighted by atomic mass is 10.0. The first kappa shape index (κ1) is 26.8. The van der Waals surface area contributed by atoms with Gasteiger partial charge in [0, 0.05) is 25.9 Å². The van der Waals surface area contributed by atoms with Crippen LogP contribution in [0.25, 0.3) is 0 Å². The smallest absolute Gasteiger partial charge is 0.243 e. The van der Waals surface area contributed by atoms with Gasteiger partial charge in [-0.3, -0.25) is 9.59 Å². The summed E-state index contributed by atoms with van der Waals surface area (Å²) in [5.41, 5.74) is 4.18. The van der Waals surface area contributed by atoms with Crippen molar-refractivity contribution < 1.29 is 9.59 Å². The Hall–Kier alpha value is -2.82. The maximum Gasteiger partial charge on any atom is 0.243 e. The average molecular weight is 511 g/mol. The number of rotatable bonds is 11. The molecule has 3 aromatic carbocycles. The van der Waals surface area contributed by atoms with E-state index in [1.165, 1.54) is 5.56 Å². The molecular formula is C29H32Cl2N2O2. The molecule has 0 radical (unpaired) electrons. The van der Waals surface area contributed by atoms with Gasteiger partial charge in [0.15, 0.2) is 0 Å². The fraction of sp³-hybridized carbons (Fsp3) is 0.310. The summed E-state index contributed by atoms with van der Waals surface area (Å²) in [4.78, 5) is 28.5. The predicted molar refractivity (Wildman–Crippen MR) is 144 cm³/mol. The van der Waals surface area contributed by atoms with Crippen LogP contribution in [-0.4, -0.2) is 29.3 Å². The average Bonchev–Trinajstić information content (AvgIpc) is 2.87. The highest BCUT2D eigenvalue weighted by Gasteiger charge is 2.30. The Morgan fingerprint density at radius 2 is 1.49 bits per heavy atom. The zero-order valence-electron chi connectivity index (χ0n) is 20.3. The van der Waals surface area contributed by atoms with Gasteiger partial charge in [-0.15, -0.1) is 0 Å². The second-order valence-electron chi connectivity index (χ2n) is 8.54. The van der Waals surface area contributed by atoms with Crippen molar-refractivity contribution in [1.29, 1.82) is 0 Å². The third kappa shape index (κ3) is 7.84. The van der Waals surface area contributed by atoms with Crippen LogP contribution in [0.5, 0.6) is 0 Å². The Balaban J connectivity index is 1.88. The number of benzene rings is 3. The van der Waals surface area contributed by atoms with Gasteiger partial charge in [-0.25, -0.2) is 0 Å². The first-order valence-electron chi connectivity index (χ1n) is 12.0. The van der Waals surface area contributed by atoms with E-state index in [0.29, 0.717) is 35.9 Å². The predicted octanol–water partition coefficient (Wildman–Crippen LogP) is 6.26. The Kier molecular flexibility index (Phi) is 10.2. The molecule has 0 bridgehead atoms. The van der Waals surface area contributed by atoms with Crippen LogP contribution in [0.1, 0.15) is 42.5 Å². The summed E-state index contributed by atoms with van der Waals surface area (Å²) >= 11 is 12.4. The van der Waals surface area contributed by atoms with Gasteiger partial charge in [0.2, 0.25) is 11.8 Å². The number of likely N-dealkylation sites (N-methyl/N-ethyl adjacent to an activating group) is 1. The van der Waals surface area contributed by atoms with Gasteiger partial charge >= 0.3 is 0 Å². The minimum absolute atomic E-state index is 0.0807. The van der Waals surface area contributed by atoms with Crippen LogP contribution in [0, 0.1) is 0 Å². The first-order valence-corrected chi connectivity index (χ1v) is 12.8. The number of amides is 2. The highest BCUT2D eigenvalue weighted by Crippen LogP contribution is 2.25. The maximum atomic E-state index is 13.6. The van der Waals surface area contributed by atoms with Gasteiger partial charge in [-0.05, 0) is 54.2 Å². The van der Waals surface area contributed by atoms with E-state index in [2.05, 4.69) is 36.5 Å². The molecular weight excluding hydrogens is 479 g/mol. The minimum atomic E-state index is -0.651. The van der Waals surface area contributed by atoms with E-state index in [4.69, 9.17) is 23.2 Å². The zero-order chi connectivity index (χ0) is 25.2. The van der Waals surface area contributed by atoms with Crippen LogP contribution in [0.3, 0.4) is 0 Å². The molecule has 1 atom stereocenters. The molecule has 4 nitrogen and oxygen atoms in total. The number of hydrogen-bond donors (Lipinski definition) is 1. The molecule has 3 aromatic rings. The number of carbonyl (C=O) groups excluding carboxylic acids is 2. The molecule has 0 heterocycles. The molecule has 0 aliphatic rings. The van der Waals surface area contributed by atoms with Crippen LogP contribution in [0.4, 0.5) is 0 Å². The van der Waals surface area contributed by atoms with E-state index in [9.17, 15) is 9.59 Å². The molecule has 0 aliphatic carbocycles. The standard InChI is InChI=1S/C29H32Cl2N2O2/c1-3-21-10-12-22(13-11-21)15-17-28(34)33(20-24-14-16-25(30)26(31)18-24)27(29(35)32-4-2)19-23-8-6-5-7-9-23/h5-14,16,18,27H,3-4,15,17,19-20H2,1-2H3,(H,32,35)/t27-/m1/s1. The molecule has 0 aliphatic heterocycles. The lowest BCUT2D eigenvalue weighted by molar-refractivity contribution is -0.141. The number of halogens is 2. The largest absolute Gasteiger partial charge is 0.355 e. The summed E-state index contributed by atoms with van der Waals surface area (Å²) in [6, 6.07) is 22.8. The molecule has 0 spiro atoms. The van der Waals surface area contributed by atoms with Crippen LogP contribution in [0.15, 0.2) is 72.8 Å². The SMILES string of the molecule is CCNC(=O)[C@@H](Cc1ccccc1)N(Cc1ccc(Cl)c(Cl)c1)C(=O)CCc1ccc(CC)cc1. The van der Waals surface area contributed by atoms with E-state index in [1.807, 2.05) is 43.3 Å². The monoisotopic (exact) mass is 510 g/mol. The third-order valence-electron chi connectivity index (χ3n) is 6.02. The van der Waals surface area contributed by atoms with Gasteiger partial charge in [-0.2, -0.15) is 0 Å². The fourth-order valence-corrected chi connectivity index (χ4v) is 4.34. The molecule has 184 valence electrons. The van der Waals surface area contributed by atoms with Crippen molar-refractivity contribution in [2.75, 3.05) is 6.54 Å². The van der Waals surface area contributed by atoms with Crippen LogP contribution in [0.2, 0.25) is 10.0 Å². The molecule has 0 saturated heterocycles. The van der Waals surface area contributed by atoms with Crippen molar-refractivity contribution in [3.8, 4) is 0 Å². The summed E-state index contributed by atoms with van der Waals surface area (Å²) in [5.74, 6) is -0.250. The van der Waals surface area contributed by atoms with Gasteiger partial charge < -0.3 is 10.2 Å². The summed E-state index contributed by atoms with van der Waals surface area (Å²) in [6.45, 7) is 4.75.